The van der Waals surface area contributed by atoms with E-state index in [4.69, 9.17) is 0 Å². The summed E-state index contributed by atoms with van der Waals surface area (Å²) in [6.07, 6.45) is 0. The van der Waals surface area contributed by atoms with Gasteiger partial charge in [0.2, 0.25) is 0 Å². The third kappa shape index (κ3) is 0.0932. The van der Waals surface area contributed by atoms with Gasteiger partial charge in [-0.1, -0.05) is 0 Å². The average molecular weight is 140 g/mol. The number of rotatable bonds is 0. The minimum absolute atomic E-state index is 2.00. The summed E-state index contributed by atoms with van der Waals surface area (Å²) in [5.41, 5.74) is 0. The molecule has 5 heterocycles. The van der Waals surface area contributed by atoms with Gasteiger partial charge in [0.05, 0.1) is 0 Å². The van der Waals surface area contributed by atoms with Crippen molar-refractivity contribution in [1.29, 1.82) is 0 Å². The fourth-order valence-electron chi connectivity index (χ4n) is 1.99. The summed E-state index contributed by atoms with van der Waals surface area (Å²) in [5.74, 6) is 0. The SMILES string of the molecule is N12N3N4N1N1N2N2N3N4N12. The van der Waals surface area contributed by atoms with Crippen molar-refractivity contribution in [1.82, 2.24) is 52.3 Å². The molecule has 0 unspecified atom stereocenters. The molecule has 0 aromatic rings. The molecule has 0 amide bonds. The van der Waals surface area contributed by atoms with Gasteiger partial charge in [-0.05, 0) is 0 Å². The van der Waals surface area contributed by atoms with Crippen LogP contribution in [0.1, 0.15) is 0 Å². The van der Waals surface area contributed by atoms with E-state index in [-0.39, 0.29) is 0 Å². The Morgan fingerprint density at radius 2 is 0.300 bits per heavy atom. The lowest BCUT2D eigenvalue weighted by Gasteiger charge is -2.62. The molecule has 10 heavy (non-hydrogen) atoms. The van der Waals surface area contributed by atoms with E-state index in [1.165, 1.54) is 0 Å². The highest BCUT2D eigenvalue weighted by molar-refractivity contribution is 4.84. The molecule has 0 radical (unpaired) electrons. The molecule has 0 aliphatic carbocycles. The van der Waals surface area contributed by atoms with Gasteiger partial charge in [-0.15, -0.1) is 0 Å². The second-order valence-corrected chi connectivity index (χ2v) is 2.68. The minimum atomic E-state index is 2.00. The highest BCUT2D eigenvalue weighted by Crippen LogP contribution is 2.69. The Morgan fingerprint density at radius 3 is 0.400 bits per heavy atom. The van der Waals surface area contributed by atoms with Crippen LogP contribution < -0.4 is 0 Å². The average Bonchev–Trinajstić information content (AvgIpc) is 2.47. The molecule has 0 spiro atoms. The van der Waals surface area contributed by atoms with Gasteiger partial charge in [-0.3, -0.25) is 0 Å². The van der Waals surface area contributed by atoms with E-state index >= 15 is 0 Å². The van der Waals surface area contributed by atoms with Crippen LogP contribution in [-0.2, 0) is 0 Å². The van der Waals surface area contributed by atoms with Gasteiger partial charge in [0.15, 0.2) is 0 Å². The summed E-state index contributed by atoms with van der Waals surface area (Å²) in [6.45, 7) is 0. The van der Waals surface area contributed by atoms with Crippen molar-refractivity contribution in [3.63, 3.8) is 0 Å². The molecular weight excluding hydrogens is 140 g/mol. The second kappa shape index (κ2) is 0.567. The van der Waals surface area contributed by atoms with E-state index in [9.17, 15) is 0 Å². The van der Waals surface area contributed by atoms with Crippen LogP contribution in [0.2, 0.25) is 0 Å². The van der Waals surface area contributed by atoms with Gasteiger partial charge in [-0.2, -0.15) is 0 Å². The van der Waals surface area contributed by atoms with Gasteiger partial charge in [0.1, 0.15) is 0 Å². The summed E-state index contributed by atoms with van der Waals surface area (Å²) in [4.78, 5) is 0. The monoisotopic (exact) mass is 140 g/mol. The zero-order valence-electron chi connectivity index (χ0n) is 4.47. The van der Waals surface area contributed by atoms with Crippen LogP contribution in [0.25, 0.3) is 0 Å². The Morgan fingerprint density at radius 1 is 0.200 bits per heavy atom. The largest absolute Gasteiger partial charge is 0 e. The fraction of sp³-hybridized carbons (Fsp3) is 0. The molecule has 5 fully saturated rings. The quantitative estimate of drug-likeness (QED) is 0.343. The van der Waals surface area contributed by atoms with Crippen LogP contribution in [0.5, 0.6) is 0 Å². The van der Waals surface area contributed by atoms with Gasteiger partial charge in [-0.25, -0.2) is 0 Å². The maximum Gasteiger partial charge on any atom is 0 e. The third-order valence-corrected chi connectivity index (χ3v) is 2.40. The summed E-state index contributed by atoms with van der Waals surface area (Å²) >= 11 is 0. The van der Waals surface area contributed by atoms with Gasteiger partial charge in [0, 0.05) is 52.3 Å². The maximum atomic E-state index is 2.00. The molecule has 5 aliphatic heterocycles. The molecule has 0 aromatic carbocycles. The topological polar surface area (TPSA) is 32.4 Å². The number of hydrogen-bond acceptors (Lipinski definition) is 10. The van der Waals surface area contributed by atoms with Crippen LogP contribution in [0.15, 0.2) is 0 Å². The van der Waals surface area contributed by atoms with Crippen molar-refractivity contribution in [3.05, 3.63) is 0 Å². The molecule has 0 bridgehead atoms. The lowest BCUT2D eigenvalue weighted by atomic mass is 11.4. The summed E-state index contributed by atoms with van der Waals surface area (Å²) in [7, 11) is 0. The van der Waals surface area contributed by atoms with Crippen LogP contribution in [0, 0.1) is 0 Å². The lowest BCUT2D eigenvalue weighted by Crippen LogP contribution is -2.94. The Bertz CT molecular complexity index is 147. The number of hydrazine groups is 15. The van der Waals surface area contributed by atoms with Crippen molar-refractivity contribution >= 4 is 0 Å². The first-order valence-corrected chi connectivity index (χ1v) is 3.00. The molecular formula is N10. The number of hydrogen-bond donors (Lipinski definition) is 0. The van der Waals surface area contributed by atoms with Crippen LogP contribution in [0.4, 0.5) is 0 Å². The maximum absolute atomic E-state index is 2.00. The Kier molecular flexibility index (Phi) is 0.189. The zero-order valence-corrected chi connectivity index (χ0v) is 4.47. The van der Waals surface area contributed by atoms with Gasteiger partial charge >= 0.3 is 0 Å². The van der Waals surface area contributed by atoms with Crippen molar-refractivity contribution in [2.75, 3.05) is 0 Å². The van der Waals surface area contributed by atoms with E-state index in [0.717, 1.165) is 0 Å². The molecule has 5 saturated heterocycles. The van der Waals surface area contributed by atoms with Crippen molar-refractivity contribution < 1.29 is 0 Å². The summed E-state index contributed by atoms with van der Waals surface area (Å²) in [6, 6.07) is 0. The lowest BCUT2D eigenvalue weighted by molar-refractivity contribution is -0.777. The molecule has 50 valence electrons. The molecule has 0 saturated carbocycles. The highest BCUT2D eigenvalue weighted by atomic mass is 17.0. The molecule has 0 aromatic heterocycles. The van der Waals surface area contributed by atoms with Gasteiger partial charge in [0.25, 0.3) is 0 Å². The summed E-state index contributed by atoms with van der Waals surface area (Å²) < 4.78 is 0. The molecule has 5 rings (SSSR count). The Balaban J connectivity index is 1.89. The van der Waals surface area contributed by atoms with Crippen molar-refractivity contribution in [2.24, 2.45) is 0 Å². The van der Waals surface area contributed by atoms with Crippen LogP contribution >= 0.6 is 0 Å². The van der Waals surface area contributed by atoms with Crippen LogP contribution in [0.3, 0.4) is 0 Å². The van der Waals surface area contributed by atoms with Crippen molar-refractivity contribution in [3.8, 4) is 0 Å². The smallest absolute Gasteiger partial charge is 0 e. The molecule has 0 atom stereocenters. The first-order chi connectivity index (χ1) is 5.00. The summed E-state index contributed by atoms with van der Waals surface area (Å²) in [5, 5.41) is 20.0. The number of nitrogens with zero attached hydrogens (tertiary/aromatic N) is 10. The van der Waals surface area contributed by atoms with E-state index < -0.39 is 0 Å². The van der Waals surface area contributed by atoms with E-state index in [0.29, 0.717) is 0 Å². The second-order valence-electron chi connectivity index (χ2n) is 2.68. The Labute approximate surface area is 53.5 Å². The first-order valence-electron chi connectivity index (χ1n) is 3.00. The van der Waals surface area contributed by atoms with Gasteiger partial charge < -0.3 is 0 Å². The molecule has 10 nitrogen and oxygen atoms in total. The predicted molar refractivity (Wildman–Crippen MR) is 18.4 cm³/mol. The molecule has 5 aliphatic rings. The fourth-order valence-corrected chi connectivity index (χ4v) is 1.99. The predicted octanol–water partition coefficient (Wildman–Crippen LogP) is -3.19. The first kappa shape index (κ1) is 3.33. The normalized spacial score (nSPS) is 54.0. The van der Waals surface area contributed by atoms with Crippen LogP contribution in [-0.4, -0.2) is 52.3 Å². The van der Waals surface area contributed by atoms with E-state index in [1.54, 1.807) is 0 Å². The Hall–Kier alpha value is -0.400. The standard InChI is InChI=1S/N10/c1-2-5-3(1)7-8-4(1)6(2)10(8)9(5)7. The third-order valence-electron chi connectivity index (χ3n) is 2.40. The highest BCUT2D eigenvalue weighted by Gasteiger charge is 3.01. The number of fused-ring (bicyclic) bond motifs is 15. The molecule has 10 heteroatoms. The minimum Gasteiger partial charge on any atom is 0 e. The van der Waals surface area contributed by atoms with Crippen molar-refractivity contribution in [2.45, 2.75) is 0 Å². The molecule has 0 N–H and O–H groups in total. The van der Waals surface area contributed by atoms with E-state index in [2.05, 4.69) is 0 Å². The zero-order chi connectivity index (χ0) is 5.77. The van der Waals surface area contributed by atoms with E-state index in [1.807, 2.05) is 52.3 Å².